The van der Waals surface area contributed by atoms with Crippen LogP contribution in [0.5, 0.6) is 0 Å². The first-order chi connectivity index (χ1) is 9.31. The third kappa shape index (κ3) is 3.15. The van der Waals surface area contributed by atoms with Crippen LogP contribution in [0, 0.1) is 5.92 Å². The van der Waals surface area contributed by atoms with Crippen molar-refractivity contribution < 1.29 is 8.42 Å². The molecule has 1 aliphatic carbocycles. The molecule has 1 heterocycles. The van der Waals surface area contributed by atoms with E-state index in [1.165, 1.54) is 6.20 Å². The molecule has 0 saturated heterocycles. The molecule has 0 atom stereocenters. The fourth-order valence-electron chi connectivity index (χ4n) is 2.71. The van der Waals surface area contributed by atoms with E-state index in [0.717, 1.165) is 31.6 Å². The topological polar surface area (TPSA) is 90.0 Å². The van der Waals surface area contributed by atoms with Gasteiger partial charge in [-0.05, 0) is 45.4 Å². The van der Waals surface area contributed by atoms with Gasteiger partial charge in [0.2, 0.25) is 10.0 Å². The summed E-state index contributed by atoms with van der Waals surface area (Å²) >= 11 is 0. The molecule has 7 heteroatoms. The van der Waals surface area contributed by atoms with E-state index in [2.05, 4.69) is 16.7 Å². The molecular weight excluding hydrogens is 276 g/mol. The number of aromatic nitrogens is 2. The van der Waals surface area contributed by atoms with Crippen LogP contribution in [0.2, 0.25) is 0 Å². The molecule has 0 spiro atoms. The molecule has 114 valence electrons. The minimum absolute atomic E-state index is 0.0878. The van der Waals surface area contributed by atoms with Crippen LogP contribution < -0.4 is 10.5 Å². The van der Waals surface area contributed by atoms with Gasteiger partial charge in [0, 0.05) is 6.04 Å². The molecular formula is C13H24N4O2S. The second kappa shape index (κ2) is 5.73. The second-order valence-electron chi connectivity index (χ2n) is 6.03. The Kier molecular flexibility index (Phi) is 4.39. The lowest BCUT2D eigenvalue weighted by Crippen LogP contribution is -2.30. The summed E-state index contributed by atoms with van der Waals surface area (Å²) in [5.41, 5.74) is 6.01. The fraction of sp³-hybridized carbons (Fsp3) is 0.769. The van der Waals surface area contributed by atoms with Crippen molar-refractivity contribution in [3.05, 3.63) is 6.20 Å². The fourth-order valence-corrected chi connectivity index (χ4v) is 4.02. The molecule has 0 bridgehead atoms. The average Bonchev–Trinajstić information content (AvgIpc) is 2.71. The van der Waals surface area contributed by atoms with E-state index in [4.69, 9.17) is 5.73 Å². The highest BCUT2D eigenvalue weighted by molar-refractivity contribution is 7.89. The molecule has 0 unspecified atom stereocenters. The van der Waals surface area contributed by atoms with Crippen LogP contribution in [0.25, 0.3) is 0 Å². The zero-order valence-corrected chi connectivity index (χ0v) is 13.2. The standard InChI is InChI=1S/C13H24N4O2S/c1-9(2)16-20(18,19)12-8-15-17(13(12)14)11-6-4-10(3)5-7-11/h8-11,16H,4-7,14H2,1-3H3. The van der Waals surface area contributed by atoms with Gasteiger partial charge in [-0.1, -0.05) is 6.92 Å². The molecule has 0 radical (unpaired) electrons. The van der Waals surface area contributed by atoms with Gasteiger partial charge in [-0.25, -0.2) is 17.8 Å². The van der Waals surface area contributed by atoms with E-state index in [0.29, 0.717) is 0 Å². The summed E-state index contributed by atoms with van der Waals surface area (Å²) in [5.74, 6) is 0.978. The highest BCUT2D eigenvalue weighted by Crippen LogP contribution is 2.34. The zero-order valence-electron chi connectivity index (χ0n) is 12.3. The van der Waals surface area contributed by atoms with E-state index in [1.54, 1.807) is 18.5 Å². The lowest BCUT2D eigenvalue weighted by molar-refractivity contribution is 0.276. The molecule has 0 aliphatic heterocycles. The summed E-state index contributed by atoms with van der Waals surface area (Å²) in [6, 6.07) is 0.0486. The van der Waals surface area contributed by atoms with Gasteiger partial charge in [-0.3, -0.25) is 0 Å². The first-order valence-corrected chi connectivity index (χ1v) is 8.65. The van der Waals surface area contributed by atoms with Crippen LogP contribution in [0.1, 0.15) is 52.5 Å². The number of hydrogen-bond acceptors (Lipinski definition) is 4. The number of hydrogen-bond donors (Lipinski definition) is 2. The first kappa shape index (κ1) is 15.3. The number of sulfonamides is 1. The van der Waals surface area contributed by atoms with Crippen molar-refractivity contribution in [2.75, 3.05) is 5.73 Å². The quantitative estimate of drug-likeness (QED) is 0.888. The largest absolute Gasteiger partial charge is 0.383 e. The Bertz CT molecular complexity index is 557. The van der Waals surface area contributed by atoms with Crippen LogP contribution in [0.3, 0.4) is 0 Å². The minimum Gasteiger partial charge on any atom is -0.383 e. The maximum absolute atomic E-state index is 12.2. The number of rotatable bonds is 4. The predicted octanol–water partition coefficient (Wildman–Crippen LogP) is 1.90. The third-order valence-electron chi connectivity index (χ3n) is 3.81. The van der Waals surface area contributed by atoms with Crippen molar-refractivity contribution in [1.29, 1.82) is 0 Å². The highest BCUT2D eigenvalue weighted by Gasteiger charge is 2.27. The number of anilines is 1. The van der Waals surface area contributed by atoms with Gasteiger partial charge in [0.15, 0.2) is 0 Å². The maximum Gasteiger partial charge on any atom is 0.246 e. The van der Waals surface area contributed by atoms with Gasteiger partial charge in [-0.15, -0.1) is 0 Å². The first-order valence-electron chi connectivity index (χ1n) is 7.16. The van der Waals surface area contributed by atoms with Crippen molar-refractivity contribution in [2.45, 2.75) is 63.4 Å². The monoisotopic (exact) mass is 300 g/mol. The van der Waals surface area contributed by atoms with Crippen LogP contribution in [-0.4, -0.2) is 24.2 Å². The molecule has 2 rings (SSSR count). The summed E-state index contributed by atoms with van der Waals surface area (Å²) in [6.07, 6.45) is 5.64. The Balaban J connectivity index is 2.23. The molecule has 3 N–H and O–H groups in total. The van der Waals surface area contributed by atoms with Gasteiger partial charge in [0.25, 0.3) is 0 Å². The molecule has 6 nitrogen and oxygen atoms in total. The molecule has 0 amide bonds. The lowest BCUT2D eigenvalue weighted by atomic mass is 9.87. The van der Waals surface area contributed by atoms with E-state index in [9.17, 15) is 8.42 Å². The van der Waals surface area contributed by atoms with Crippen molar-refractivity contribution >= 4 is 15.8 Å². The average molecular weight is 300 g/mol. The molecule has 1 fully saturated rings. The molecule has 1 aliphatic rings. The second-order valence-corrected chi connectivity index (χ2v) is 7.71. The van der Waals surface area contributed by atoms with Crippen LogP contribution in [-0.2, 0) is 10.0 Å². The maximum atomic E-state index is 12.2. The van der Waals surface area contributed by atoms with Crippen molar-refractivity contribution in [2.24, 2.45) is 5.92 Å². The van der Waals surface area contributed by atoms with Crippen LogP contribution in [0.15, 0.2) is 11.1 Å². The van der Waals surface area contributed by atoms with E-state index >= 15 is 0 Å². The van der Waals surface area contributed by atoms with Gasteiger partial charge < -0.3 is 5.73 Å². The van der Waals surface area contributed by atoms with Gasteiger partial charge in [0.05, 0.1) is 12.2 Å². The van der Waals surface area contributed by atoms with Gasteiger partial charge in [0.1, 0.15) is 10.7 Å². The minimum atomic E-state index is -3.58. The third-order valence-corrected chi connectivity index (χ3v) is 5.49. The Morgan fingerprint density at radius 2 is 1.95 bits per heavy atom. The zero-order chi connectivity index (χ0) is 14.9. The number of nitrogens with zero attached hydrogens (tertiary/aromatic N) is 2. The summed E-state index contributed by atoms with van der Waals surface area (Å²) in [5, 5.41) is 4.21. The van der Waals surface area contributed by atoms with E-state index in [-0.39, 0.29) is 22.8 Å². The van der Waals surface area contributed by atoms with E-state index < -0.39 is 10.0 Å². The van der Waals surface area contributed by atoms with Gasteiger partial charge >= 0.3 is 0 Å². The predicted molar refractivity (Wildman–Crippen MR) is 78.8 cm³/mol. The number of nitrogen functional groups attached to an aromatic ring is 1. The van der Waals surface area contributed by atoms with Crippen molar-refractivity contribution in [3.8, 4) is 0 Å². The van der Waals surface area contributed by atoms with Crippen molar-refractivity contribution in [3.63, 3.8) is 0 Å². The smallest absolute Gasteiger partial charge is 0.246 e. The summed E-state index contributed by atoms with van der Waals surface area (Å²) in [4.78, 5) is 0.0878. The summed E-state index contributed by atoms with van der Waals surface area (Å²) < 4.78 is 28.6. The molecule has 0 aromatic carbocycles. The number of nitrogens with one attached hydrogen (secondary N) is 1. The normalized spacial score (nSPS) is 24.2. The lowest BCUT2D eigenvalue weighted by Gasteiger charge is -2.27. The Morgan fingerprint density at radius 3 is 2.50 bits per heavy atom. The SMILES string of the molecule is CC1CCC(n2ncc(S(=O)(=O)NC(C)C)c2N)CC1. The Morgan fingerprint density at radius 1 is 1.35 bits per heavy atom. The molecule has 20 heavy (non-hydrogen) atoms. The number of nitrogens with two attached hydrogens (primary N) is 1. The summed E-state index contributed by atoms with van der Waals surface area (Å²) in [6.45, 7) is 5.80. The van der Waals surface area contributed by atoms with E-state index in [1.807, 2.05) is 0 Å². The Hall–Kier alpha value is -1.08. The Labute approximate surface area is 120 Å². The van der Waals surface area contributed by atoms with Crippen LogP contribution >= 0.6 is 0 Å². The van der Waals surface area contributed by atoms with Crippen molar-refractivity contribution in [1.82, 2.24) is 14.5 Å². The summed E-state index contributed by atoms with van der Waals surface area (Å²) in [7, 11) is -3.58. The molecule has 1 aromatic heterocycles. The molecule has 1 aromatic rings. The molecule has 1 saturated carbocycles. The highest BCUT2D eigenvalue weighted by atomic mass is 32.2. The van der Waals surface area contributed by atoms with Crippen LogP contribution in [0.4, 0.5) is 5.82 Å². The van der Waals surface area contributed by atoms with Gasteiger partial charge in [-0.2, -0.15) is 5.10 Å².